The highest BCUT2D eigenvalue weighted by atomic mass is 16.5. The molecule has 0 bridgehead atoms. The van der Waals surface area contributed by atoms with Gasteiger partial charge in [0.05, 0.1) is 6.10 Å². The van der Waals surface area contributed by atoms with Gasteiger partial charge in [-0.25, -0.2) is 4.98 Å². The van der Waals surface area contributed by atoms with Crippen LogP contribution in [0, 0.1) is 13.8 Å². The predicted octanol–water partition coefficient (Wildman–Crippen LogP) is 3.52. The lowest BCUT2D eigenvalue weighted by molar-refractivity contribution is 0.198. The Balaban J connectivity index is 2.12. The quantitative estimate of drug-likeness (QED) is 0.816. The summed E-state index contributed by atoms with van der Waals surface area (Å²) in [5.41, 5.74) is 3.53. The first kappa shape index (κ1) is 14.3. The second-order valence-electron chi connectivity index (χ2n) is 5.74. The van der Waals surface area contributed by atoms with Crippen molar-refractivity contribution in [2.45, 2.75) is 72.1 Å². The molecule has 3 nitrogen and oxygen atoms in total. The van der Waals surface area contributed by atoms with Gasteiger partial charge in [-0.1, -0.05) is 13.3 Å². The molecule has 106 valence electrons. The van der Waals surface area contributed by atoms with Crippen LogP contribution < -0.4 is 10.1 Å². The van der Waals surface area contributed by atoms with Gasteiger partial charge in [-0.05, 0) is 51.7 Å². The molecule has 1 aromatic heterocycles. The Morgan fingerprint density at radius 2 is 2.16 bits per heavy atom. The third kappa shape index (κ3) is 4.20. The molecule has 1 N–H and O–H groups in total. The molecule has 0 spiro atoms. The van der Waals surface area contributed by atoms with Gasteiger partial charge in [0.2, 0.25) is 5.88 Å². The van der Waals surface area contributed by atoms with Crippen LogP contribution in [-0.2, 0) is 6.54 Å². The van der Waals surface area contributed by atoms with Crippen LogP contribution in [0.1, 0.15) is 56.4 Å². The van der Waals surface area contributed by atoms with Crippen LogP contribution in [0.2, 0.25) is 0 Å². The van der Waals surface area contributed by atoms with Gasteiger partial charge in [0.15, 0.2) is 0 Å². The van der Waals surface area contributed by atoms with Crippen LogP contribution in [0.5, 0.6) is 5.88 Å². The molecular formula is C16H26N2O. The molecule has 1 aliphatic rings. The van der Waals surface area contributed by atoms with Gasteiger partial charge >= 0.3 is 0 Å². The van der Waals surface area contributed by atoms with Gasteiger partial charge in [-0.3, -0.25) is 0 Å². The number of aromatic nitrogens is 1. The molecule has 0 aliphatic heterocycles. The minimum absolute atomic E-state index is 0.235. The zero-order valence-corrected chi connectivity index (χ0v) is 12.6. The lowest BCUT2D eigenvalue weighted by Crippen LogP contribution is -2.20. The summed E-state index contributed by atoms with van der Waals surface area (Å²) in [6.07, 6.45) is 5.06. The van der Waals surface area contributed by atoms with E-state index < -0.39 is 0 Å². The highest BCUT2D eigenvalue weighted by Gasteiger charge is 2.22. The predicted molar refractivity (Wildman–Crippen MR) is 78.6 cm³/mol. The van der Waals surface area contributed by atoms with E-state index in [0.29, 0.717) is 6.04 Å². The SMILES string of the molecule is CCCC(C)Oc1nc(C)cc(C)c1CNC1CC1. The maximum atomic E-state index is 6.05. The number of nitrogens with one attached hydrogen (secondary N) is 1. The molecule has 1 saturated carbocycles. The summed E-state index contributed by atoms with van der Waals surface area (Å²) in [5.74, 6) is 0.826. The Bertz CT molecular complexity index is 427. The van der Waals surface area contributed by atoms with E-state index in [4.69, 9.17) is 4.74 Å². The molecular weight excluding hydrogens is 236 g/mol. The van der Waals surface area contributed by atoms with E-state index in [-0.39, 0.29) is 6.10 Å². The fraction of sp³-hybridized carbons (Fsp3) is 0.688. The Hall–Kier alpha value is -1.09. The second kappa shape index (κ2) is 6.38. The Morgan fingerprint density at radius 1 is 1.42 bits per heavy atom. The summed E-state index contributed by atoms with van der Waals surface area (Å²) in [6, 6.07) is 2.85. The van der Waals surface area contributed by atoms with Gasteiger partial charge < -0.3 is 10.1 Å². The maximum absolute atomic E-state index is 6.05. The van der Waals surface area contributed by atoms with E-state index in [0.717, 1.165) is 31.0 Å². The molecule has 1 unspecified atom stereocenters. The molecule has 1 heterocycles. The minimum Gasteiger partial charge on any atom is -0.474 e. The van der Waals surface area contributed by atoms with E-state index in [2.05, 4.69) is 37.1 Å². The van der Waals surface area contributed by atoms with Gasteiger partial charge in [0.1, 0.15) is 0 Å². The fourth-order valence-electron chi connectivity index (χ4n) is 2.33. The lowest BCUT2D eigenvalue weighted by Gasteiger charge is -2.18. The maximum Gasteiger partial charge on any atom is 0.218 e. The average Bonchev–Trinajstić information content (AvgIpc) is 3.11. The molecule has 1 aliphatic carbocycles. The number of rotatable bonds is 7. The van der Waals surface area contributed by atoms with Crippen molar-refractivity contribution in [3.63, 3.8) is 0 Å². The smallest absolute Gasteiger partial charge is 0.218 e. The van der Waals surface area contributed by atoms with Gasteiger partial charge in [-0.15, -0.1) is 0 Å². The highest BCUT2D eigenvalue weighted by Crippen LogP contribution is 2.25. The van der Waals surface area contributed by atoms with Crippen molar-refractivity contribution in [2.75, 3.05) is 0 Å². The molecule has 0 radical (unpaired) electrons. The van der Waals surface area contributed by atoms with Crippen molar-refractivity contribution in [1.82, 2.24) is 10.3 Å². The first-order valence-corrected chi connectivity index (χ1v) is 7.47. The van der Waals surface area contributed by atoms with E-state index in [1.165, 1.54) is 24.0 Å². The minimum atomic E-state index is 0.235. The average molecular weight is 262 g/mol. The number of hydrogen-bond donors (Lipinski definition) is 1. The number of aryl methyl sites for hydroxylation is 2. The van der Waals surface area contributed by atoms with Crippen molar-refractivity contribution in [3.05, 3.63) is 22.9 Å². The lowest BCUT2D eigenvalue weighted by atomic mass is 10.1. The van der Waals surface area contributed by atoms with Crippen LogP contribution in [0.15, 0.2) is 6.07 Å². The number of hydrogen-bond acceptors (Lipinski definition) is 3. The molecule has 1 aromatic rings. The number of ether oxygens (including phenoxy) is 1. The Kier molecular flexibility index (Phi) is 4.81. The molecule has 19 heavy (non-hydrogen) atoms. The highest BCUT2D eigenvalue weighted by molar-refractivity contribution is 5.36. The van der Waals surface area contributed by atoms with Gasteiger partial charge in [0.25, 0.3) is 0 Å². The van der Waals surface area contributed by atoms with E-state index in [1.807, 2.05) is 6.92 Å². The van der Waals surface area contributed by atoms with Gasteiger partial charge in [0, 0.05) is 23.8 Å². The van der Waals surface area contributed by atoms with Crippen molar-refractivity contribution in [1.29, 1.82) is 0 Å². The fourth-order valence-corrected chi connectivity index (χ4v) is 2.33. The summed E-state index contributed by atoms with van der Waals surface area (Å²) in [5, 5.41) is 3.56. The topological polar surface area (TPSA) is 34.1 Å². The van der Waals surface area contributed by atoms with Crippen molar-refractivity contribution < 1.29 is 4.74 Å². The molecule has 2 rings (SSSR count). The van der Waals surface area contributed by atoms with Crippen LogP contribution >= 0.6 is 0 Å². The third-order valence-corrected chi connectivity index (χ3v) is 3.59. The van der Waals surface area contributed by atoms with Gasteiger partial charge in [-0.2, -0.15) is 0 Å². The van der Waals surface area contributed by atoms with Crippen molar-refractivity contribution in [3.8, 4) is 5.88 Å². The Labute approximate surface area is 116 Å². The molecule has 1 atom stereocenters. The van der Waals surface area contributed by atoms with Crippen LogP contribution in [0.4, 0.5) is 0 Å². The van der Waals surface area contributed by atoms with E-state index >= 15 is 0 Å². The first-order chi connectivity index (χ1) is 9.10. The summed E-state index contributed by atoms with van der Waals surface area (Å²) < 4.78 is 6.05. The van der Waals surface area contributed by atoms with Crippen LogP contribution in [0.25, 0.3) is 0 Å². The number of nitrogens with zero attached hydrogens (tertiary/aromatic N) is 1. The summed E-state index contributed by atoms with van der Waals surface area (Å²) >= 11 is 0. The van der Waals surface area contributed by atoms with E-state index in [9.17, 15) is 0 Å². The molecule has 0 aromatic carbocycles. The summed E-state index contributed by atoms with van der Waals surface area (Å²) in [4.78, 5) is 4.59. The molecule has 0 saturated heterocycles. The summed E-state index contributed by atoms with van der Waals surface area (Å²) in [6.45, 7) is 9.36. The summed E-state index contributed by atoms with van der Waals surface area (Å²) in [7, 11) is 0. The number of pyridine rings is 1. The monoisotopic (exact) mass is 262 g/mol. The molecule has 3 heteroatoms. The Morgan fingerprint density at radius 3 is 2.79 bits per heavy atom. The zero-order valence-electron chi connectivity index (χ0n) is 12.6. The van der Waals surface area contributed by atoms with Crippen LogP contribution in [-0.4, -0.2) is 17.1 Å². The molecule has 0 amide bonds. The first-order valence-electron chi connectivity index (χ1n) is 7.47. The van der Waals surface area contributed by atoms with Crippen molar-refractivity contribution >= 4 is 0 Å². The van der Waals surface area contributed by atoms with Crippen molar-refractivity contribution in [2.24, 2.45) is 0 Å². The second-order valence-corrected chi connectivity index (χ2v) is 5.74. The standard InChI is InChI=1S/C16H26N2O/c1-5-6-13(4)19-16-15(10-17-14-7-8-14)11(2)9-12(3)18-16/h9,13-14,17H,5-8,10H2,1-4H3. The zero-order chi connectivity index (χ0) is 13.8. The largest absolute Gasteiger partial charge is 0.474 e. The molecule has 1 fully saturated rings. The normalized spacial score (nSPS) is 16.4. The van der Waals surface area contributed by atoms with Crippen LogP contribution in [0.3, 0.4) is 0 Å². The third-order valence-electron chi connectivity index (χ3n) is 3.59. The van der Waals surface area contributed by atoms with E-state index in [1.54, 1.807) is 0 Å².